The number of phenolic OH excluding ortho intramolecular Hbond substituents is 1. The van der Waals surface area contributed by atoms with E-state index in [4.69, 9.17) is 13.9 Å². The van der Waals surface area contributed by atoms with Crippen molar-refractivity contribution in [3.8, 4) is 11.5 Å². The summed E-state index contributed by atoms with van der Waals surface area (Å²) in [7, 11) is 1.47. The Morgan fingerprint density at radius 2 is 1.92 bits per heavy atom. The zero-order valence-corrected chi connectivity index (χ0v) is 14.4. The van der Waals surface area contributed by atoms with E-state index in [1.165, 1.54) is 19.2 Å². The number of ether oxygens (including phenoxy) is 2. The van der Waals surface area contributed by atoms with E-state index in [1.807, 2.05) is 6.92 Å². The molecule has 0 aliphatic carbocycles. The van der Waals surface area contributed by atoms with Gasteiger partial charge in [-0.25, -0.2) is 9.59 Å². The van der Waals surface area contributed by atoms with Gasteiger partial charge in [-0.3, -0.25) is 0 Å². The normalized spacial score (nSPS) is 10.7. The van der Waals surface area contributed by atoms with Crippen LogP contribution in [0.1, 0.15) is 28.4 Å². The standard InChI is InChI=1S/C20H18O6/c1-3-12-8-15-13(9-19(22)26-18(15)10-16(12)21)11-25-20(23)14-6-4-5-7-17(14)24-2/h4-10,21H,3,11H2,1-2H3. The number of carbonyl (C=O) groups is 1. The lowest BCUT2D eigenvalue weighted by Crippen LogP contribution is -2.09. The topological polar surface area (TPSA) is 86.0 Å². The van der Waals surface area contributed by atoms with Crippen LogP contribution in [0.3, 0.4) is 0 Å². The van der Waals surface area contributed by atoms with Gasteiger partial charge < -0.3 is 19.0 Å². The van der Waals surface area contributed by atoms with Crippen LogP contribution in [0.15, 0.2) is 51.7 Å². The molecule has 0 atom stereocenters. The van der Waals surface area contributed by atoms with Crippen LogP contribution in [0.25, 0.3) is 11.0 Å². The molecule has 6 nitrogen and oxygen atoms in total. The van der Waals surface area contributed by atoms with E-state index in [2.05, 4.69) is 0 Å². The third-order valence-electron chi connectivity index (χ3n) is 4.10. The van der Waals surface area contributed by atoms with Gasteiger partial charge in [0.2, 0.25) is 0 Å². The minimum Gasteiger partial charge on any atom is -0.508 e. The van der Waals surface area contributed by atoms with Gasteiger partial charge in [0.25, 0.3) is 0 Å². The lowest BCUT2D eigenvalue weighted by Gasteiger charge is -2.11. The first-order valence-corrected chi connectivity index (χ1v) is 8.12. The molecule has 0 aliphatic heterocycles. The molecule has 0 bridgehead atoms. The van der Waals surface area contributed by atoms with Crippen molar-refractivity contribution in [2.45, 2.75) is 20.0 Å². The van der Waals surface area contributed by atoms with Crippen LogP contribution in [0.5, 0.6) is 11.5 Å². The molecule has 6 heteroatoms. The van der Waals surface area contributed by atoms with Crippen molar-refractivity contribution in [1.82, 2.24) is 0 Å². The van der Waals surface area contributed by atoms with E-state index in [9.17, 15) is 14.7 Å². The number of aryl methyl sites for hydroxylation is 1. The number of hydrogen-bond donors (Lipinski definition) is 1. The Morgan fingerprint density at radius 3 is 2.65 bits per heavy atom. The van der Waals surface area contributed by atoms with Crippen molar-refractivity contribution >= 4 is 16.9 Å². The molecule has 0 radical (unpaired) electrons. The second-order valence-electron chi connectivity index (χ2n) is 5.70. The molecule has 3 rings (SSSR count). The summed E-state index contributed by atoms with van der Waals surface area (Å²) in [6.07, 6.45) is 0.612. The number of carbonyl (C=O) groups excluding carboxylic acids is 1. The molecule has 0 aliphatic rings. The number of benzene rings is 2. The molecule has 134 valence electrons. The maximum Gasteiger partial charge on any atom is 0.342 e. The number of methoxy groups -OCH3 is 1. The van der Waals surface area contributed by atoms with Crippen molar-refractivity contribution < 1.29 is 23.8 Å². The van der Waals surface area contributed by atoms with Gasteiger partial charge in [-0.05, 0) is 30.2 Å². The fourth-order valence-electron chi connectivity index (χ4n) is 2.74. The Morgan fingerprint density at radius 1 is 1.15 bits per heavy atom. The first-order valence-electron chi connectivity index (χ1n) is 8.12. The summed E-state index contributed by atoms with van der Waals surface area (Å²) in [5, 5.41) is 10.6. The fraction of sp³-hybridized carbons (Fsp3) is 0.200. The number of aromatic hydroxyl groups is 1. The minimum absolute atomic E-state index is 0.0614. The average molecular weight is 354 g/mol. The van der Waals surface area contributed by atoms with Crippen LogP contribution >= 0.6 is 0 Å². The SMILES string of the molecule is CCc1cc2c(COC(=O)c3ccccc3OC)cc(=O)oc2cc1O. The second kappa shape index (κ2) is 7.31. The molecular formula is C20H18O6. The van der Waals surface area contributed by atoms with E-state index in [1.54, 1.807) is 30.3 Å². The Bertz CT molecular complexity index is 1020. The zero-order valence-electron chi connectivity index (χ0n) is 14.4. The number of rotatable bonds is 5. The van der Waals surface area contributed by atoms with Crippen molar-refractivity contribution in [1.29, 1.82) is 0 Å². The molecule has 0 amide bonds. The van der Waals surface area contributed by atoms with Gasteiger partial charge >= 0.3 is 11.6 Å². The predicted molar refractivity (Wildman–Crippen MR) is 95.6 cm³/mol. The maximum atomic E-state index is 12.4. The summed E-state index contributed by atoms with van der Waals surface area (Å²) in [5.41, 5.74) is 1.19. The van der Waals surface area contributed by atoms with Gasteiger partial charge in [0.15, 0.2) is 0 Å². The van der Waals surface area contributed by atoms with E-state index < -0.39 is 11.6 Å². The molecular weight excluding hydrogens is 336 g/mol. The largest absolute Gasteiger partial charge is 0.508 e. The lowest BCUT2D eigenvalue weighted by atomic mass is 10.0. The Labute approximate surface area is 149 Å². The van der Waals surface area contributed by atoms with Gasteiger partial charge in [0, 0.05) is 23.1 Å². The van der Waals surface area contributed by atoms with Crippen molar-refractivity contribution in [2.75, 3.05) is 7.11 Å². The number of phenols is 1. The Hall–Kier alpha value is -3.28. The Balaban J connectivity index is 1.93. The number of para-hydroxylation sites is 1. The second-order valence-corrected chi connectivity index (χ2v) is 5.70. The summed E-state index contributed by atoms with van der Waals surface area (Å²) in [4.78, 5) is 24.1. The summed E-state index contributed by atoms with van der Waals surface area (Å²) >= 11 is 0. The smallest absolute Gasteiger partial charge is 0.342 e. The summed E-state index contributed by atoms with van der Waals surface area (Å²) in [6.45, 7) is 1.80. The molecule has 0 spiro atoms. The summed E-state index contributed by atoms with van der Waals surface area (Å²) in [5.74, 6) is -0.0854. The quantitative estimate of drug-likeness (QED) is 0.558. The van der Waals surface area contributed by atoms with Crippen LogP contribution in [0.4, 0.5) is 0 Å². The first-order chi connectivity index (χ1) is 12.5. The molecule has 26 heavy (non-hydrogen) atoms. The molecule has 1 aromatic heterocycles. The average Bonchev–Trinajstić information content (AvgIpc) is 2.65. The van der Waals surface area contributed by atoms with Crippen LogP contribution in [0, 0.1) is 0 Å². The van der Waals surface area contributed by atoms with E-state index in [0.717, 1.165) is 0 Å². The van der Waals surface area contributed by atoms with E-state index >= 15 is 0 Å². The third kappa shape index (κ3) is 3.39. The molecule has 2 aromatic carbocycles. The highest BCUT2D eigenvalue weighted by Gasteiger charge is 2.15. The Kier molecular flexibility index (Phi) is 4.93. The summed E-state index contributed by atoms with van der Waals surface area (Å²) in [6, 6.07) is 11.2. The molecule has 1 heterocycles. The highest BCUT2D eigenvalue weighted by atomic mass is 16.5. The molecule has 0 unspecified atom stereocenters. The number of fused-ring (bicyclic) bond motifs is 1. The number of esters is 1. The van der Waals surface area contributed by atoms with Gasteiger partial charge in [-0.15, -0.1) is 0 Å². The van der Waals surface area contributed by atoms with Crippen LogP contribution in [-0.2, 0) is 17.8 Å². The van der Waals surface area contributed by atoms with Crippen molar-refractivity contribution in [3.63, 3.8) is 0 Å². The maximum absolute atomic E-state index is 12.4. The van der Waals surface area contributed by atoms with Gasteiger partial charge in [0.1, 0.15) is 29.3 Å². The van der Waals surface area contributed by atoms with Crippen molar-refractivity contribution in [3.05, 3.63) is 69.6 Å². The zero-order chi connectivity index (χ0) is 18.7. The molecule has 0 saturated carbocycles. The highest BCUT2D eigenvalue weighted by molar-refractivity contribution is 5.92. The van der Waals surface area contributed by atoms with E-state index in [0.29, 0.717) is 34.2 Å². The lowest BCUT2D eigenvalue weighted by molar-refractivity contribution is 0.0470. The van der Waals surface area contributed by atoms with Gasteiger partial charge in [-0.2, -0.15) is 0 Å². The van der Waals surface area contributed by atoms with Gasteiger partial charge in [-0.1, -0.05) is 19.1 Å². The summed E-state index contributed by atoms with van der Waals surface area (Å²) < 4.78 is 15.7. The molecule has 1 N–H and O–H groups in total. The minimum atomic E-state index is -0.579. The molecule has 0 fully saturated rings. The molecule has 3 aromatic rings. The predicted octanol–water partition coefficient (Wildman–Crippen LogP) is 3.43. The van der Waals surface area contributed by atoms with Gasteiger partial charge in [0.05, 0.1) is 7.11 Å². The fourth-order valence-corrected chi connectivity index (χ4v) is 2.74. The third-order valence-corrected chi connectivity index (χ3v) is 4.10. The number of hydrogen-bond acceptors (Lipinski definition) is 6. The van der Waals surface area contributed by atoms with Crippen LogP contribution in [-0.4, -0.2) is 18.2 Å². The van der Waals surface area contributed by atoms with Crippen LogP contribution in [0.2, 0.25) is 0 Å². The van der Waals surface area contributed by atoms with E-state index in [-0.39, 0.29) is 17.9 Å². The molecule has 0 saturated heterocycles. The first kappa shape index (κ1) is 17.5. The van der Waals surface area contributed by atoms with Crippen molar-refractivity contribution in [2.24, 2.45) is 0 Å². The monoisotopic (exact) mass is 354 g/mol. The highest BCUT2D eigenvalue weighted by Crippen LogP contribution is 2.27. The van der Waals surface area contributed by atoms with Crippen LogP contribution < -0.4 is 10.4 Å².